The average Bonchev–Trinajstić information content (AvgIpc) is 3.10. The minimum atomic E-state index is -0.326. The van der Waals surface area contributed by atoms with Crippen LogP contribution in [0.1, 0.15) is 38.7 Å². The molecule has 29 heavy (non-hydrogen) atoms. The van der Waals surface area contributed by atoms with Crippen LogP contribution in [0.15, 0.2) is 29.4 Å². The van der Waals surface area contributed by atoms with Gasteiger partial charge in [0.05, 0.1) is 11.2 Å². The van der Waals surface area contributed by atoms with Crippen molar-refractivity contribution < 1.29 is 9.59 Å². The number of primary amides is 1. The zero-order valence-electron chi connectivity index (χ0n) is 17.3. The molecule has 0 bridgehead atoms. The number of rotatable bonds is 7. The van der Waals surface area contributed by atoms with Crippen molar-refractivity contribution in [3.63, 3.8) is 0 Å². The van der Waals surface area contributed by atoms with Crippen molar-refractivity contribution in [1.29, 1.82) is 0 Å². The third kappa shape index (κ3) is 4.98. The van der Waals surface area contributed by atoms with Gasteiger partial charge in [0, 0.05) is 25.2 Å². The fourth-order valence-electron chi connectivity index (χ4n) is 3.67. The highest BCUT2D eigenvalue weighted by Crippen LogP contribution is 2.29. The molecule has 7 nitrogen and oxygen atoms in total. The van der Waals surface area contributed by atoms with Crippen LogP contribution in [0.2, 0.25) is 0 Å². The molecule has 2 N–H and O–H groups in total. The van der Waals surface area contributed by atoms with Gasteiger partial charge in [-0.3, -0.25) is 9.59 Å². The topological polar surface area (TPSA) is 94.1 Å². The molecule has 1 aromatic heterocycles. The first-order valence-electron chi connectivity index (χ1n) is 10.2. The molecule has 3 rings (SSSR count). The first-order chi connectivity index (χ1) is 13.9. The summed E-state index contributed by atoms with van der Waals surface area (Å²) in [6.45, 7) is 7.92. The summed E-state index contributed by atoms with van der Waals surface area (Å²) < 4.78 is 2.09. The third-order valence-corrected chi connectivity index (χ3v) is 6.27. The number of amides is 2. The molecule has 2 atom stereocenters. The van der Waals surface area contributed by atoms with E-state index in [-0.39, 0.29) is 23.0 Å². The number of benzene rings is 1. The number of piperidine rings is 1. The molecule has 2 amide bonds. The van der Waals surface area contributed by atoms with Gasteiger partial charge in [-0.1, -0.05) is 42.4 Å². The van der Waals surface area contributed by atoms with Crippen LogP contribution in [0.3, 0.4) is 0 Å². The molecule has 0 saturated carbocycles. The second kappa shape index (κ2) is 9.43. The summed E-state index contributed by atoms with van der Waals surface area (Å²) in [6, 6.07) is 8.19. The Morgan fingerprint density at radius 3 is 2.83 bits per heavy atom. The van der Waals surface area contributed by atoms with Crippen LogP contribution in [0.25, 0.3) is 11.4 Å². The minimum Gasteiger partial charge on any atom is -0.369 e. The minimum absolute atomic E-state index is 0.0177. The Bertz CT molecular complexity index is 882. The fraction of sp³-hybridized carbons (Fsp3) is 0.524. The van der Waals surface area contributed by atoms with Crippen LogP contribution in [0.4, 0.5) is 0 Å². The Kier molecular flexibility index (Phi) is 6.95. The van der Waals surface area contributed by atoms with E-state index in [1.165, 1.54) is 17.3 Å². The van der Waals surface area contributed by atoms with E-state index in [0.717, 1.165) is 42.4 Å². The Labute approximate surface area is 176 Å². The van der Waals surface area contributed by atoms with Crippen molar-refractivity contribution in [2.75, 3.05) is 13.1 Å². The Balaban J connectivity index is 1.77. The van der Waals surface area contributed by atoms with Crippen molar-refractivity contribution >= 4 is 23.6 Å². The maximum Gasteiger partial charge on any atom is 0.235 e. The molecular formula is C21H29N5O2S. The highest BCUT2D eigenvalue weighted by Gasteiger charge is 2.30. The molecule has 2 heterocycles. The van der Waals surface area contributed by atoms with Crippen molar-refractivity contribution in [2.24, 2.45) is 11.7 Å². The summed E-state index contributed by atoms with van der Waals surface area (Å²) in [5.41, 5.74) is 7.64. The molecule has 2 aromatic rings. The number of likely N-dealkylation sites (tertiary alicyclic amines) is 1. The lowest BCUT2D eigenvalue weighted by molar-refractivity contribution is -0.134. The quantitative estimate of drug-likeness (QED) is 0.702. The molecule has 1 aliphatic rings. The third-order valence-electron chi connectivity index (χ3n) is 5.21. The lowest BCUT2D eigenvalue weighted by atomic mass is 9.97. The molecule has 0 aliphatic carbocycles. The number of aryl methyl sites for hydroxylation is 1. The van der Waals surface area contributed by atoms with Crippen molar-refractivity contribution in [3.05, 3.63) is 29.8 Å². The van der Waals surface area contributed by atoms with Gasteiger partial charge in [0.2, 0.25) is 11.8 Å². The van der Waals surface area contributed by atoms with Crippen molar-refractivity contribution in [3.8, 4) is 11.4 Å². The molecule has 0 spiro atoms. The smallest absolute Gasteiger partial charge is 0.235 e. The van der Waals surface area contributed by atoms with Gasteiger partial charge in [-0.15, -0.1) is 10.2 Å². The number of hydrogen-bond donors (Lipinski definition) is 1. The zero-order valence-corrected chi connectivity index (χ0v) is 18.1. The maximum atomic E-state index is 13.0. The van der Waals surface area contributed by atoms with Gasteiger partial charge in [-0.25, -0.2) is 0 Å². The van der Waals surface area contributed by atoms with Gasteiger partial charge in [0.1, 0.15) is 0 Å². The van der Waals surface area contributed by atoms with E-state index in [1.807, 2.05) is 19.1 Å². The lowest BCUT2D eigenvalue weighted by Gasteiger charge is -2.32. The van der Waals surface area contributed by atoms with Gasteiger partial charge >= 0.3 is 0 Å². The highest BCUT2D eigenvalue weighted by molar-refractivity contribution is 8.00. The second-order valence-electron chi connectivity index (χ2n) is 7.61. The van der Waals surface area contributed by atoms with Gasteiger partial charge < -0.3 is 15.2 Å². The second-order valence-corrected chi connectivity index (χ2v) is 8.92. The number of aromatic nitrogens is 3. The molecule has 1 fully saturated rings. The van der Waals surface area contributed by atoms with Crippen molar-refractivity contribution in [1.82, 2.24) is 19.7 Å². The molecule has 1 aromatic carbocycles. The van der Waals surface area contributed by atoms with Crippen LogP contribution in [0, 0.1) is 12.8 Å². The van der Waals surface area contributed by atoms with Crippen LogP contribution >= 0.6 is 11.8 Å². The summed E-state index contributed by atoms with van der Waals surface area (Å²) in [6.07, 6.45) is 2.50. The van der Waals surface area contributed by atoms with E-state index in [2.05, 4.69) is 40.7 Å². The van der Waals surface area contributed by atoms with E-state index < -0.39 is 0 Å². The van der Waals surface area contributed by atoms with Crippen LogP contribution in [0.5, 0.6) is 0 Å². The molecule has 0 radical (unpaired) electrons. The molecule has 8 heteroatoms. The number of carbonyl (C=O) groups excluding carboxylic acids is 2. The normalized spacial score (nSPS) is 17.9. The maximum absolute atomic E-state index is 13.0. The van der Waals surface area contributed by atoms with Gasteiger partial charge in [-0.2, -0.15) is 0 Å². The number of carbonyl (C=O) groups is 2. The van der Waals surface area contributed by atoms with Gasteiger partial charge in [0.25, 0.3) is 0 Å². The SMILES string of the molecule is CCCn1c(SC(C)C(=O)N2CCCC(C(N)=O)C2)nnc1-c1cccc(C)c1. The van der Waals surface area contributed by atoms with E-state index in [4.69, 9.17) is 5.73 Å². The summed E-state index contributed by atoms with van der Waals surface area (Å²) in [5, 5.41) is 9.22. The Morgan fingerprint density at radius 1 is 1.34 bits per heavy atom. The van der Waals surface area contributed by atoms with Gasteiger partial charge in [0.15, 0.2) is 11.0 Å². The molecule has 1 aliphatic heterocycles. The Morgan fingerprint density at radius 2 is 2.14 bits per heavy atom. The van der Waals surface area contributed by atoms with Crippen LogP contribution < -0.4 is 5.73 Å². The summed E-state index contributed by atoms with van der Waals surface area (Å²) in [7, 11) is 0. The van der Waals surface area contributed by atoms with E-state index in [9.17, 15) is 9.59 Å². The predicted octanol–water partition coefficient (Wildman–Crippen LogP) is 2.87. The summed E-state index contributed by atoms with van der Waals surface area (Å²) >= 11 is 1.42. The number of nitrogens with two attached hydrogens (primary N) is 1. The number of hydrogen-bond acceptors (Lipinski definition) is 5. The van der Waals surface area contributed by atoms with Crippen LogP contribution in [-0.2, 0) is 16.1 Å². The number of nitrogens with zero attached hydrogens (tertiary/aromatic N) is 4. The van der Waals surface area contributed by atoms with Crippen molar-refractivity contribution in [2.45, 2.75) is 57.0 Å². The zero-order chi connectivity index (χ0) is 21.0. The first kappa shape index (κ1) is 21.4. The highest BCUT2D eigenvalue weighted by atomic mass is 32.2. The van der Waals surface area contributed by atoms with E-state index in [1.54, 1.807) is 4.90 Å². The molecule has 1 saturated heterocycles. The monoisotopic (exact) mass is 415 g/mol. The fourth-order valence-corrected chi connectivity index (χ4v) is 4.63. The molecule has 156 valence electrons. The van der Waals surface area contributed by atoms with E-state index >= 15 is 0 Å². The Hall–Kier alpha value is -2.35. The average molecular weight is 416 g/mol. The van der Waals surface area contributed by atoms with Crippen LogP contribution in [-0.4, -0.2) is 49.8 Å². The molecule has 2 unspecified atom stereocenters. The largest absolute Gasteiger partial charge is 0.369 e. The number of thioether (sulfide) groups is 1. The van der Waals surface area contributed by atoms with E-state index in [0.29, 0.717) is 13.1 Å². The lowest BCUT2D eigenvalue weighted by Crippen LogP contribution is -2.46. The summed E-state index contributed by atoms with van der Waals surface area (Å²) in [4.78, 5) is 26.2. The predicted molar refractivity (Wildman–Crippen MR) is 114 cm³/mol. The first-order valence-corrected chi connectivity index (χ1v) is 11.0. The molecular weight excluding hydrogens is 386 g/mol. The van der Waals surface area contributed by atoms with Gasteiger partial charge in [-0.05, 0) is 39.2 Å². The standard InChI is InChI=1S/C21H29N5O2S/c1-4-10-26-19(16-8-5-7-14(2)12-16)23-24-21(26)29-15(3)20(28)25-11-6-9-17(13-25)18(22)27/h5,7-8,12,15,17H,4,6,9-11,13H2,1-3H3,(H2,22,27). The summed E-state index contributed by atoms with van der Waals surface area (Å²) in [5.74, 6) is 0.267.